The normalized spacial score (nSPS) is 18.8. The van der Waals surface area contributed by atoms with Gasteiger partial charge < -0.3 is 25.2 Å². The van der Waals surface area contributed by atoms with E-state index >= 15 is 0 Å². The highest BCUT2D eigenvalue weighted by Crippen LogP contribution is 2.29. The topological polar surface area (TPSA) is 79.8 Å². The molecule has 1 amide bonds. The number of ether oxygens (including phenoxy) is 2. The van der Waals surface area contributed by atoms with E-state index in [-0.39, 0.29) is 18.6 Å². The van der Waals surface area contributed by atoms with Crippen LogP contribution in [0.5, 0.6) is 11.5 Å². The van der Waals surface area contributed by atoms with Crippen molar-refractivity contribution >= 4 is 11.6 Å². The number of para-hydroxylation sites is 1. The van der Waals surface area contributed by atoms with Crippen molar-refractivity contribution in [3.8, 4) is 11.5 Å². The lowest BCUT2D eigenvalue weighted by Crippen LogP contribution is -2.34. The molecule has 0 spiro atoms. The van der Waals surface area contributed by atoms with Crippen LogP contribution in [0, 0.1) is 0 Å². The highest BCUT2D eigenvalue weighted by Gasteiger charge is 2.19. The van der Waals surface area contributed by atoms with Crippen LogP contribution in [-0.4, -0.2) is 36.4 Å². The molecule has 1 aliphatic rings. The van der Waals surface area contributed by atoms with Crippen molar-refractivity contribution in [1.29, 1.82) is 0 Å². The summed E-state index contributed by atoms with van der Waals surface area (Å²) < 4.78 is 11.4. The summed E-state index contributed by atoms with van der Waals surface area (Å²) in [4.78, 5) is 12.1. The lowest BCUT2D eigenvalue weighted by Gasteiger charge is -2.26. The fraction of sp³-hybridized carbons (Fsp3) is 0.435. The minimum absolute atomic E-state index is 0.0863. The zero-order chi connectivity index (χ0) is 20.5. The zero-order valence-corrected chi connectivity index (χ0v) is 16.9. The van der Waals surface area contributed by atoms with E-state index in [0.29, 0.717) is 24.1 Å². The minimum atomic E-state index is -0.219. The summed E-state index contributed by atoms with van der Waals surface area (Å²) in [5.74, 6) is 0.974. The van der Waals surface area contributed by atoms with E-state index in [1.807, 2.05) is 55.5 Å². The zero-order valence-electron chi connectivity index (χ0n) is 16.9. The first-order chi connectivity index (χ1) is 14.1. The van der Waals surface area contributed by atoms with E-state index in [9.17, 15) is 9.90 Å². The van der Waals surface area contributed by atoms with Crippen LogP contribution in [0.15, 0.2) is 48.5 Å². The smallest absolute Gasteiger partial charge is 0.262 e. The van der Waals surface area contributed by atoms with E-state index < -0.39 is 0 Å². The molecule has 0 radical (unpaired) electrons. The summed E-state index contributed by atoms with van der Waals surface area (Å²) >= 11 is 0. The highest BCUT2D eigenvalue weighted by atomic mass is 16.5. The van der Waals surface area contributed by atoms with Crippen molar-refractivity contribution in [3.05, 3.63) is 54.1 Å². The number of benzene rings is 2. The molecule has 0 saturated heterocycles. The van der Waals surface area contributed by atoms with Gasteiger partial charge in [0.05, 0.1) is 12.7 Å². The Morgan fingerprint density at radius 2 is 1.79 bits per heavy atom. The van der Waals surface area contributed by atoms with Gasteiger partial charge in [-0.05, 0) is 62.4 Å². The number of anilines is 1. The molecule has 0 aliphatic heterocycles. The lowest BCUT2D eigenvalue weighted by molar-refractivity contribution is -0.118. The number of rotatable bonds is 9. The van der Waals surface area contributed by atoms with Gasteiger partial charge in [0, 0.05) is 18.3 Å². The first-order valence-electron chi connectivity index (χ1n) is 10.3. The number of aliphatic hydroxyl groups excluding tert-OH is 1. The summed E-state index contributed by atoms with van der Waals surface area (Å²) in [6.45, 7) is 3.08. The maximum absolute atomic E-state index is 12.1. The number of carbonyl (C=O) groups excluding carboxylic acids is 1. The molecule has 6 nitrogen and oxygen atoms in total. The first-order valence-corrected chi connectivity index (χ1v) is 10.3. The Labute approximate surface area is 172 Å². The van der Waals surface area contributed by atoms with Crippen molar-refractivity contribution in [3.63, 3.8) is 0 Å². The molecule has 1 saturated carbocycles. The molecule has 0 atom stereocenters. The summed E-state index contributed by atoms with van der Waals surface area (Å²) in [5, 5.41) is 16.0. The van der Waals surface area contributed by atoms with Crippen LogP contribution in [0.2, 0.25) is 0 Å². The van der Waals surface area contributed by atoms with E-state index in [1.165, 1.54) is 0 Å². The molecule has 156 valence electrons. The SMILES string of the molecule is CCOc1cc(CNC2CCC(O)CC2)ccc1OCC(=O)Nc1ccccc1. The standard InChI is InChI=1S/C23H30N2O4/c1-2-28-22-14-17(15-24-18-9-11-20(26)12-10-18)8-13-21(22)29-16-23(27)25-19-6-4-3-5-7-19/h3-8,13-14,18,20,24,26H,2,9-12,15-16H2,1H3,(H,25,27). The van der Waals surface area contributed by atoms with E-state index in [0.717, 1.165) is 43.5 Å². The number of hydrogen-bond donors (Lipinski definition) is 3. The Morgan fingerprint density at radius 1 is 1.03 bits per heavy atom. The van der Waals surface area contributed by atoms with Gasteiger partial charge in [0.25, 0.3) is 5.91 Å². The second kappa shape index (κ2) is 10.8. The molecular weight excluding hydrogens is 368 g/mol. The van der Waals surface area contributed by atoms with E-state index in [1.54, 1.807) is 0 Å². The first kappa shape index (κ1) is 21.1. The van der Waals surface area contributed by atoms with Gasteiger partial charge in [-0.3, -0.25) is 4.79 Å². The van der Waals surface area contributed by atoms with Crippen molar-refractivity contribution in [2.45, 2.75) is 51.3 Å². The van der Waals surface area contributed by atoms with E-state index in [4.69, 9.17) is 9.47 Å². The van der Waals surface area contributed by atoms with Gasteiger partial charge in [-0.1, -0.05) is 24.3 Å². The molecule has 6 heteroatoms. The quantitative estimate of drug-likeness (QED) is 0.603. The fourth-order valence-corrected chi connectivity index (χ4v) is 3.45. The summed E-state index contributed by atoms with van der Waals surface area (Å²) in [6.07, 6.45) is 3.57. The van der Waals surface area contributed by atoms with Gasteiger partial charge >= 0.3 is 0 Å². The molecule has 29 heavy (non-hydrogen) atoms. The summed E-state index contributed by atoms with van der Waals surface area (Å²) in [7, 11) is 0. The molecule has 1 fully saturated rings. The van der Waals surface area contributed by atoms with Gasteiger partial charge in [0.2, 0.25) is 0 Å². The van der Waals surface area contributed by atoms with Crippen LogP contribution in [-0.2, 0) is 11.3 Å². The number of aliphatic hydroxyl groups is 1. The molecule has 0 bridgehead atoms. The van der Waals surface area contributed by atoms with Crippen LogP contribution < -0.4 is 20.1 Å². The van der Waals surface area contributed by atoms with Crippen molar-refractivity contribution in [2.75, 3.05) is 18.5 Å². The molecular formula is C23H30N2O4. The van der Waals surface area contributed by atoms with Crippen molar-refractivity contribution < 1.29 is 19.4 Å². The van der Waals surface area contributed by atoms with Gasteiger partial charge in [0.1, 0.15) is 0 Å². The van der Waals surface area contributed by atoms with Crippen molar-refractivity contribution in [1.82, 2.24) is 5.32 Å². The monoisotopic (exact) mass is 398 g/mol. The molecule has 3 rings (SSSR count). The second-order valence-corrected chi connectivity index (χ2v) is 7.30. The Morgan fingerprint density at radius 3 is 2.52 bits per heavy atom. The van der Waals surface area contributed by atoms with Gasteiger partial charge in [-0.15, -0.1) is 0 Å². The molecule has 0 heterocycles. The molecule has 3 N–H and O–H groups in total. The number of hydrogen-bond acceptors (Lipinski definition) is 5. The predicted molar refractivity (Wildman–Crippen MR) is 113 cm³/mol. The molecule has 0 unspecified atom stereocenters. The van der Waals surface area contributed by atoms with Crippen molar-refractivity contribution in [2.24, 2.45) is 0 Å². The van der Waals surface area contributed by atoms with Crippen LogP contribution >= 0.6 is 0 Å². The minimum Gasteiger partial charge on any atom is -0.490 e. The summed E-state index contributed by atoms with van der Waals surface area (Å²) in [6, 6.07) is 15.5. The molecule has 0 aromatic heterocycles. The lowest BCUT2D eigenvalue weighted by atomic mass is 9.93. The second-order valence-electron chi connectivity index (χ2n) is 7.30. The van der Waals surface area contributed by atoms with Crippen LogP contribution in [0.25, 0.3) is 0 Å². The van der Waals surface area contributed by atoms with Gasteiger partial charge in [0.15, 0.2) is 18.1 Å². The Kier molecular flexibility index (Phi) is 7.90. The van der Waals surface area contributed by atoms with Crippen LogP contribution in [0.3, 0.4) is 0 Å². The fourth-order valence-electron chi connectivity index (χ4n) is 3.45. The maximum atomic E-state index is 12.1. The Balaban J connectivity index is 1.53. The number of carbonyl (C=O) groups is 1. The molecule has 2 aromatic rings. The highest BCUT2D eigenvalue weighted by molar-refractivity contribution is 5.91. The van der Waals surface area contributed by atoms with Gasteiger partial charge in [-0.25, -0.2) is 0 Å². The summed E-state index contributed by atoms with van der Waals surface area (Å²) in [5.41, 5.74) is 1.84. The average molecular weight is 399 g/mol. The average Bonchev–Trinajstić information content (AvgIpc) is 2.73. The van der Waals surface area contributed by atoms with Crippen LogP contribution in [0.4, 0.5) is 5.69 Å². The predicted octanol–water partition coefficient (Wildman–Crippen LogP) is 3.50. The van der Waals surface area contributed by atoms with E-state index in [2.05, 4.69) is 10.6 Å². The van der Waals surface area contributed by atoms with Crippen LogP contribution in [0.1, 0.15) is 38.2 Å². The third-order valence-corrected chi connectivity index (χ3v) is 5.02. The Hall–Kier alpha value is -2.57. The third-order valence-electron chi connectivity index (χ3n) is 5.02. The van der Waals surface area contributed by atoms with Gasteiger partial charge in [-0.2, -0.15) is 0 Å². The number of amides is 1. The largest absolute Gasteiger partial charge is 0.490 e. The molecule has 1 aliphatic carbocycles. The maximum Gasteiger partial charge on any atom is 0.262 e. The molecule has 2 aromatic carbocycles. The Bertz CT molecular complexity index is 774. The third kappa shape index (κ3) is 6.76. The number of nitrogens with one attached hydrogen (secondary N) is 2.